The zero-order valence-electron chi connectivity index (χ0n) is 23.4. The van der Waals surface area contributed by atoms with E-state index in [1.54, 1.807) is 26.1 Å². The summed E-state index contributed by atoms with van der Waals surface area (Å²) in [6.45, 7) is 13.0. The number of hydrogen-bond donors (Lipinski definition) is 1. The molecule has 0 aromatic heterocycles. The first-order valence-corrected chi connectivity index (χ1v) is 12.7. The highest BCUT2D eigenvalue weighted by atomic mass is 16.5. The molecule has 37 heavy (non-hydrogen) atoms. The van der Waals surface area contributed by atoms with Crippen molar-refractivity contribution in [2.24, 2.45) is 4.99 Å². The van der Waals surface area contributed by atoms with Crippen LogP contribution in [-0.2, 0) is 0 Å². The lowest BCUT2D eigenvalue weighted by Crippen LogP contribution is -2.21. The lowest BCUT2D eigenvalue weighted by molar-refractivity contribution is 0.0827. The van der Waals surface area contributed by atoms with Gasteiger partial charge in [0.05, 0.1) is 13.7 Å². The van der Waals surface area contributed by atoms with Crippen molar-refractivity contribution in [3.63, 3.8) is 0 Å². The van der Waals surface area contributed by atoms with Crippen LogP contribution in [0.1, 0.15) is 55.1 Å². The number of hydrogen-bond acceptors (Lipinski definition) is 3. The van der Waals surface area contributed by atoms with Gasteiger partial charge in [-0.3, -0.25) is 9.79 Å². The third kappa shape index (κ3) is 8.64. The van der Waals surface area contributed by atoms with Crippen LogP contribution in [0.5, 0.6) is 5.75 Å². The highest BCUT2D eigenvalue weighted by molar-refractivity contribution is 6.02. The number of methoxy groups -OCH3 is 1. The summed E-state index contributed by atoms with van der Waals surface area (Å²) in [6, 6.07) is 11.8. The Hall–Kier alpha value is -3.86. The first-order chi connectivity index (χ1) is 17.7. The van der Waals surface area contributed by atoms with E-state index in [4.69, 9.17) is 9.73 Å². The lowest BCUT2D eigenvalue weighted by Gasteiger charge is -2.16. The van der Waals surface area contributed by atoms with Crippen molar-refractivity contribution in [1.29, 1.82) is 0 Å². The van der Waals surface area contributed by atoms with Gasteiger partial charge in [-0.2, -0.15) is 0 Å². The standard InChI is InChI=1S/C32H41N3O2/c1-9-11-19-33-31(34-22-24(4)14-13-23(3)12-10-2)29-20-28(21-30(37-8)25(29)5)26-15-17-27(18-16-26)32(36)35(6)7/h11-21H,4,9-10,22H2,1-3,5-8H3,(H,33,34)/b14-13-,19-11+,23-12+. The van der Waals surface area contributed by atoms with Gasteiger partial charge in [0, 0.05) is 30.8 Å². The van der Waals surface area contributed by atoms with Crippen LogP contribution in [0, 0.1) is 6.92 Å². The van der Waals surface area contributed by atoms with Gasteiger partial charge in [-0.15, -0.1) is 0 Å². The molecule has 0 aliphatic carbocycles. The number of benzene rings is 2. The zero-order chi connectivity index (χ0) is 27.4. The molecular formula is C32H41N3O2. The van der Waals surface area contributed by atoms with Gasteiger partial charge < -0.3 is 15.0 Å². The van der Waals surface area contributed by atoms with Gasteiger partial charge in [0.1, 0.15) is 11.6 Å². The van der Waals surface area contributed by atoms with Crippen molar-refractivity contribution < 1.29 is 9.53 Å². The van der Waals surface area contributed by atoms with Crippen LogP contribution in [0.2, 0.25) is 0 Å². The third-order valence-electron chi connectivity index (χ3n) is 5.83. The van der Waals surface area contributed by atoms with Crippen LogP contribution >= 0.6 is 0 Å². The number of carbonyl (C=O) groups is 1. The second kappa shape index (κ2) is 14.6. The molecule has 0 aliphatic rings. The molecule has 2 aromatic rings. The molecular weight excluding hydrogens is 458 g/mol. The van der Waals surface area contributed by atoms with Crippen molar-refractivity contribution in [1.82, 2.24) is 10.2 Å². The van der Waals surface area contributed by atoms with E-state index < -0.39 is 0 Å². The smallest absolute Gasteiger partial charge is 0.253 e. The van der Waals surface area contributed by atoms with Crippen LogP contribution in [0.3, 0.4) is 0 Å². The van der Waals surface area contributed by atoms with E-state index in [0.29, 0.717) is 12.1 Å². The van der Waals surface area contributed by atoms with E-state index in [1.165, 1.54) is 5.57 Å². The first kappa shape index (κ1) is 29.4. The minimum absolute atomic E-state index is 0.0234. The number of amidine groups is 1. The summed E-state index contributed by atoms with van der Waals surface area (Å²) >= 11 is 0. The van der Waals surface area contributed by atoms with E-state index in [-0.39, 0.29) is 5.91 Å². The lowest BCUT2D eigenvalue weighted by atomic mass is 9.97. The van der Waals surface area contributed by atoms with E-state index in [1.807, 2.05) is 49.5 Å². The van der Waals surface area contributed by atoms with Crippen molar-refractivity contribution in [3.05, 3.63) is 101 Å². The van der Waals surface area contributed by atoms with E-state index >= 15 is 0 Å². The summed E-state index contributed by atoms with van der Waals surface area (Å²) in [5.41, 5.74) is 6.69. The summed E-state index contributed by atoms with van der Waals surface area (Å²) < 4.78 is 5.73. The van der Waals surface area contributed by atoms with Gasteiger partial charge in [0.15, 0.2) is 0 Å². The quantitative estimate of drug-likeness (QED) is 0.204. The van der Waals surface area contributed by atoms with Crippen molar-refractivity contribution in [2.45, 2.75) is 40.5 Å². The maximum absolute atomic E-state index is 12.3. The maximum atomic E-state index is 12.3. The van der Waals surface area contributed by atoms with Crippen molar-refractivity contribution >= 4 is 11.7 Å². The largest absolute Gasteiger partial charge is 0.496 e. The Balaban J connectivity index is 2.49. The summed E-state index contributed by atoms with van der Waals surface area (Å²) in [4.78, 5) is 18.8. The second-order valence-corrected chi connectivity index (χ2v) is 9.10. The molecule has 0 aliphatic heterocycles. The number of rotatable bonds is 11. The first-order valence-electron chi connectivity index (χ1n) is 12.7. The predicted molar refractivity (Wildman–Crippen MR) is 157 cm³/mol. The van der Waals surface area contributed by atoms with Crippen LogP contribution in [-0.4, -0.2) is 44.4 Å². The highest BCUT2D eigenvalue weighted by Gasteiger charge is 2.15. The number of aliphatic imine (C=N–C) groups is 1. The number of ether oxygens (including phenoxy) is 1. The fraction of sp³-hybridized carbons (Fsp3) is 0.312. The minimum Gasteiger partial charge on any atom is -0.496 e. The molecule has 0 atom stereocenters. The summed E-state index contributed by atoms with van der Waals surface area (Å²) in [7, 11) is 5.18. The molecule has 0 bridgehead atoms. The average Bonchev–Trinajstić information content (AvgIpc) is 2.89. The molecule has 0 heterocycles. The Morgan fingerprint density at radius 1 is 1.08 bits per heavy atom. The van der Waals surface area contributed by atoms with Gasteiger partial charge in [-0.25, -0.2) is 0 Å². The van der Waals surface area contributed by atoms with Crippen molar-refractivity contribution in [3.8, 4) is 16.9 Å². The molecule has 0 unspecified atom stereocenters. The molecule has 0 radical (unpaired) electrons. The Bertz CT molecular complexity index is 1200. The SMILES string of the molecule is C=C(/C=C\C(C)=C\CC)CN=C(N/C=C/CC)c1cc(-c2ccc(C(=O)N(C)C)cc2)cc(OC)c1C. The monoisotopic (exact) mass is 499 g/mol. The highest BCUT2D eigenvalue weighted by Crippen LogP contribution is 2.31. The minimum atomic E-state index is -0.0234. The molecule has 0 spiro atoms. The fourth-order valence-electron chi connectivity index (χ4n) is 3.71. The topological polar surface area (TPSA) is 53.9 Å². The molecule has 1 amide bonds. The van der Waals surface area contributed by atoms with E-state index in [9.17, 15) is 4.79 Å². The van der Waals surface area contributed by atoms with E-state index in [2.05, 4.69) is 57.0 Å². The predicted octanol–water partition coefficient (Wildman–Crippen LogP) is 7.10. The molecule has 5 nitrogen and oxygen atoms in total. The van der Waals surface area contributed by atoms with Crippen LogP contribution in [0.15, 0.2) is 89.6 Å². The van der Waals surface area contributed by atoms with Gasteiger partial charge >= 0.3 is 0 Å². The molecule has 196 valence electrons. The van der Waals surface area contributed by atoms with Gasteiger partial charge in [-0.1, -0.05) is 62.4 Å². The van der Waals surface area contributed by atoms with Crippen molar-refractivity contribution in [2.75, 3.05) is 27.7 Å². The Morgan fingerprint density at radius 2 is 1.78 bits per heavy atom. The maximum Gasteiger partial charge on any atom is 0.253 e. The Morgan fingerprint density at radius 3 is 2.38 bits per heavy atom. The van der Waals surface area contributed by atoms with Crippen LogP contribution in [0.4, 0.5) is 0 Å². The molecule has 0 saturated carbocycles. The molecule has 0 fully saturated rings. The number of nitrogens with zero attached hydrogens (tertiary/aromatic N) is 2. The summed E-state index contributed by atoms with van der Waals surface area (Å²) in [6.07, 6.45) is 12.2. The van der Waals surface area contributed by atoms with Gasteiger partial charge in [-0.05, 0) is 73.9 Å². The zero-order valence-corrected chi connectivity index (χ0v) is 23.4. The van der Waals surface area contributed by atoms with Crippen LogP contribution < -0.4 is 10.1 Å². The Labute approximate surface area is 223 Å². The summed E-state index contributed by atoms with van der Waals surface area (Å²) in [5.74, 6) is 1.50. The molecule has 2 rings (SSSR count). The average molecular weight is 500 g/mol. The number of nitrogens with one attached hydrogen (secondary N) is 1. The molecule has 0 saturated heterocycles. The number of amides is 1. The Kier molecular flexibility index (Phi) is 11.6. The normalized spacial score (nSPS) is 12.3. The summed E-state index contributed by atoms with van der Waals surface area (Å²) in [5, 5.41) is 3.37. The molecule has 1 N–H and O–H groups in total. The third-order valence-corrected chi connectivity index (χ3v) is 5.83. The van der Waals surface area contributed by atoms with Gasteiger partial charge in [0.2, 0.25) is 0 Å². The number of allylic oxidation sites excluding steroid dienone is 4. The molecule has 5 heteroatoms. The van der Waals surface area contributed by atoms with E-state index in [0.717, 1.165) is 52.3 Å². The fourth-order valence-corrected chi connectivity index (χ4v) is 3.71. The van der Waals surface area contributed by atoms with Gasteiger partial charge in [0.25, 0.3) is 5.91 Å². The molecule has 2 aromatic carbocycles. The van der Waals surface area contributed by atoms with Crippen LogP contribution in [0.25, 0.3) is 11.1 Å². The second-order valence-electron chi connectivity index (χ2n) is 9.10. The number of carbonyl (C=O) groups excluding carboxylic acids is 1.